The molecule has 0 atom stereocenters. The van der Waals surface area contributed by atoms with E-state index in [1.165, 1.54) is 4.57 Å². The third-order valence-electron chi connectivity index (χ3n) is 3.35. The van der Waals surface area contributed by atoms with Gasteiger partial charge in [0, 0.05) is 6.20 Å². The number of rotatable bonds is 4. The summed E-state index contributed by atoms with van der Waals surface area (Å²) in [6, 6.07) is 0. The summed E-state index contributed by atoms with van der Waals surface area (Å²) < 4.78 is 1.49. The smallest absolute Gasteiger partial charge is 0.328 e. The van der Waals surface area contributed by atoms with Crippen LogP contribution in [0.25, 0.3) is 11.2 Å². The number of aryl methyl sites for hydroxylation is 2. The summed E-state index contributed by atoms with van der Waals surface area (Å²) in [6.45, 7) is 4.11. The number of nitrogens with two attached hydrogens (primary N) is 1. The van der Waals surface area contributed by atoms with Gasteiger partial charge in [0.15, 0.2) is 11.5 Å². The van der Waals surface area contributed by atoms with E-state index in [0.717, 1.165) is 18.5 Å². The molecule has 0 fully saturated rings. The minimum Gasteiger partial charge on any atom is -0.382 e. The van der Waals surface area contributed by atoms with E-state index in [0.29, 0.717) is 22.7 Å². The van der Waals surface area contributed by atoms with Crippen molar-refractivity contribution in [2.75, 3.05) is 5.73 Å². The van der Waals surface area contributed by atoms with Gasteiger partial charge in [0.25, 0.3) is 0 Å². The van der Waals surface area contributed by atoms with Crippen LogP contribution in [0.2, 0.25) is 0 Å². The lowest BCUT2D eigenvalue weighted by Crippen LogP contribution is -2.18. The number of nitrogens with one attached hydrogen (secondary N) is 1. The summed E-state index contributed by atoms with van der Waals surface area (Å²) in [5.74, 6) is 0.782. The quantitative estimate of drug-likeness (QED) is 0.736. The molecule has 0 spiro atoms. The SMILES string of the molecule is CCCc1cnc(Cn2c(=O)[nH]c3c(N)nc(C)nc32)cn1. The van der Waals surface area contributed by atoms with Crippen molar-refractivity contribution in [1.29, 1.82) is 0 Å². The van der Waals surface area contributed by atoms with Gasteiger partial charge in [-0.05, 0) is 13.3 Å². The number of hydrogen-bond acceptors (Lipinski definition) is 6. The third kappa shape index (κ3) is 2.54. The maximum absolute atomic E-state index is 12.1. The van der Waals surface area contributed by atoms with Crippen molar-refractivity contribution < 1.29 is 0 Å². The highest BCUT2D eigenvalue weighted by atomic mass is 16.1. The second kappa shape index (κ2) is 5.55. The lowest BCUT2D eigenvalue weighted by atomic mass is 10.2. The van der Waals surface area contributed by atoms with Crippen LogP contribution in [0.3, 0.4) is 0 Å². The monoisotopic (exact) mass is 299 g/mol. The second-order valence-corrected chi connectivity index (χ2v) is 5.12. The molecule has 3 aromatic rings. The van der Waals surface area contributed by atoms with Crippen LogP contribution in [0, 0.1) is 6.92 Å². The Kier molecular flexibility index (Phi) is 3.58. The molecule has 3 aromatic heterocycles. The zero-order valence-electron chi connectivity index (χ0n) is 12.5. The lowest BCUT2D eigenvalue weighted by molar-refractivity contribution is 0.743. The first-order valence-electron chi connectivity index (χ1n) is 7.11. The maximum Gasteiger partial charge on any atom is 0.328 e. The highest BCUT2D eigenvalue weighted by Gasteiger charge is 2.13. The molecule has 8 heteroatoms. The van der Waals surface area contributed by atoms with Crippen LogP contribution < -0.4 is 11.4 Å². The highest BCUT2D eigenvalue weighted by Crippen LogP contribution is 2.14. The van der Waals surface area contributed by atoms with Gasteiger partial charge < -0.3 is 10.7 Å². The van der Waals surface area contributed by atoms with E-state index in [9.17, 15) is 4.79 Å². The van der Waals surface area contributed by atoms with E-state index >= 15 is 0 Å². The van der Waals surface area contributed by atoms with E-state index in [1.807, 2.05) is 0 Å². The molecule has 22 heavy (non-hydrogen) atoms. The normalized spacial score (nSPS) is 11.2. The molecule has 3 N–H and O–H groups in total. The van der Waals surface area contributed by atoms with Crippen LogP contribution in [0.1, 0.15) is 30.6 Å². The molecule has 114 valence electrons. The van der Waals surface area contributed by atoms with Crippen molar-refractivity contribution in [2.24, 2.45) is 0 Å². The van der Waals surface area contributed by atoms with Crippen LogP contribution in [-0.4, -0.2) is 29.5 Å². The second-order valence-electron chi connectivity index (χ2n) is 5.12. The first-order valence-corrected chi connectivity index (χ1v) is 7.11. The van der Waals surface area contributed by atoms with Crippen LogP contribution in [0.5, 0.6) is 0 Å². The number of nitrogens with zero attached hydrogens (tertiary/aromatic N) is 5. The highest BCUT2D eigenvalue weighted by molar-refractivity contribution is 5.81. The fourth-order valence-electron chi connectivity index (χ4n) is 2.32. The molecule has 0 aliphatic heterocycles. The van der Waals surface area contributed by atoms with E-state index in [4.69, 9.17) is 5.73 Å². The Labute approximate surface area is 126 Å². The molecule has 3 heterocycles. The maximum atomic E-state index is 12.1. The molecule has 0 amide bonds. The van der Waals surface area contributed by atoms with E-state index in [1.54, 1.807) is 19.3 Å². The number of imidazole rings is 1. The van der Waals surface area contributed by atoms with Gasteiger partial charge in [0.1, 0.15) is 11.3 Å². The number of aromatic amines is 1. The standard InChI is InChI=1S/C14H17N7O/c1-3-4-9-5-17-10(6-16-9)7-21-13-11(20-14(21)22)12(15)18-8(2)19-13/h5-6H,3-4,7H2,1-2H3,(H,20,22)(H2,15,18,19). The zero-order chi connectivity index (χ0) is 15.7. The topological polar surface area (TPSA) is 115 Å². The minimum atomic E-state index is -0.291. The average molecular weight is 299 g/mol. The minimum absolute atomic E-state index is 0.266. The number of nitrogen functional groups attached to an aromatic ring is 1. The molecule has 0 aliphatic carbocycles. The molecule has 0 saturated heterocycles. The van der Waals surface area contributed by atoms with Crippen LogP contribution in [-0.2, 0) is 13.0 Å². The number of aromatic nitrogens is 6. The molecular weight excluding hydrogens is 282 g/mol. The van der Waals surface area contributed by atoms with Crippen molar-refractivity contribution >= 4 is 17.0 Å². The predicted molar refractivity (Wildman–Crippen MR) is 82.4 cm³/mol. The zero-order valence-corrected chi connectivity index (χ0v) is 12.5. The Balaban J connectivity index is 2.00. The molecule has 0 radical (unpaired) electrons. The summed E-state index contributed by atoms with van der Waals surface area (Å²) in [4.78, 5) is 31.8. The number of fused-ring (bicyclic) bond motifs is 1. The Morgan fingerprint density at radius 2 is 1.95 bits per heavy atom. The number of anilines is 1. The summed E-state index contributed by atoms with van der Waals surface area (Å²) in [5, 5.41) is 0. The molecule has 8 nitrogen and oxygen atoms in total. The van der Waals surface area contributed by atoms with Crippen molar-refractivity contribution in [1.82, 2.24) is 29.5 Å². The summed E-state index contributed by atoms with van der Waals surface area (Å²) in [5.41, 5.74) is 8.10. The van der Waals surface area contributed by atoms with Crippen molar-refractivity contribution in [3.8, 4) is 0 Å². The van der Waals surface area contributed by atoms with Crippen LogP contribution in [0.4, 0.5) is 5.82 Å². The molecule has 0 aromatic carbocycles. The fraction of sp³-hybridized carbons (Fsp3) is 0.357. The van der Waals surface area contributed by atoms with Crippen LogP contribution in [0.15, 0.2) is 17.2 Å². The Bertz CT molecular complexity index is 863. The largest absolute Gasteiger partial charge is 0.382 e. The Hall–Kier alpha value is -2.77. The van der Waals surface area contributed by atoms with Gasteiger partial charge in [-0.1, -0.05) is 13.3 Å². The van der Waals surface area contributed by atoms with Crippen molar-refractivity contribution in [3.63, 3.8) is 0 Å². The van der Waals surface area contributed by atoms with Gasteiger partial charge in [-0.25, -0.2) is 14.8 Å². The Morgan fingerprint density at radius 1 is 1.23 bits per heavy atom. The molecule has 0 saturated carbocycles. The lowest BCUT2D eigenvalue weighted by Gasteiger charge is -2.04. The molecule has 0 aliphatic rings. The van der Waals surface area contributed by atoms with E-state index in [-0.39, 0.29) is 18.1 Å². The van der Waals surface area contributed by atoms with E-state index in [2.05, 4.69) is 31.8 Å². The van der Waals surface area contributed by atoms with Gasteiger partial charge in [0.2, 0.25) is 0 Å². The van der Waals surface area contributed by atoms with Gasteiger partial charge in [-0.2, -0.15) is 0 Å². The first kappa shape index (κ1) is 14.2. The van der Waals surface area contributed by atoms with Crippen molar-refractivity contribution in [2.45, 2.75) is 33.2 Å². The summed E-state index contributed by atoms with van der Waals surface area (Å²) in [6.07, 6.45) is 5.34. The third-order valence-corrected chi connectivity index (χ3v) is 3.35. The Morgan fingerprint density at radius 3 is 2.64 bits per heavy atom. The van der Waals surface area contributed by atoms with Gasteiger partial charge in [-0.15, -0.1) is 0 Å². The fourth-order valence-corrected chi connectivity index (χ4v) is 2.32. The molecular formula is C14H17N7O. The van der Waals surface area contributed by atoms with E-state index < -0.39 is 0 Å². The van der Waals surface area contributed by atoms with Gasteiger partial charge in [0.05, 0.1) is 24.1 Å². The summed E-state index contributed by atoms with van der Waals surface area (Å²) in [7, 11) is 0. The molecule has 3 rings (SSSR count). The van der Waals surface area contributed by atoms with Crippen molar-refractivity contribution in [3.05, 3.63) is 40.1 Å². The molecule has 0 bridgehead atoms. The average Bonchev–Trinajstić information content (AvgIpc) is 2.79. The van der Waals surface area contributed by atoms with Gasteiger partial charge >= 0.3 is 5.69 Å². The number of H-pyrrole nitrogens is 1. The van der Waals surface area contributed by atoms with Crippen LogP contribution >= 0.6 is 0 Å². The number of hydrogen-bond donors (Lipinski definition) is 2. The predicted octanol–water partition coefficient (Wildman–Crippen LogP) is 0.801. The molecule has 0 unspecified atom stereocenters. The van der Waals surface area contributed by atoms with Gasteiger partial charge in [-0.3, -0.25) is 14.5 Å². The first-order chi connectivity index (χ1) is 10.6. The summed E-state index contributed by atoms with van der Waals surface area (Å²) >= 11 is 0.